The molecule has 0 aliphatic heterocycles. The predicted octanol–water partition coefficient (Wildman–Crippen LogP) is 3.84. The van der Waals surface area contributed by atoms with Crippen LogP contribution in [0.3, 0.4) is 0 Å². The molecule has 0 saturated heterocycles. The van der Waals surface area contributed by atoms with Crippen LogP contribution in [-0.4, -0.2) is 15.8 Å². The standard InChI is InChI=1S/C18H15ClN4O2/c1-12-11-16(17(24)23(22-12)15-5-3-2-4-6-15)21-18(25)20-14-9-7-13(19)8-10-14/h2-11H,1H3,(H2,20,21,25). The Labute approximate surface area is 149 Å². The van der Waals surface area contributed by atoms with Gasteiger partial charge in [-0.1, -0.05) is 29.8 Å². The fourth-order valence-corrected chi connectivity index (χ4v) is 2.39. The second-order valence-electron chi connectivity index (χ2n) is 5.34. The maximum atomic E-state index is 12.6. The largest absolute Gasteiger partial charge is 0.323 e. The SMILES string of the molecule is Cc1cc(NC(=O)Nc2ccc(Cl)cc2)c(=O)n(-c2ccccc2)n1. The zero-order chi connectivity index (χ0) is 17.8. The highest BCUT2D eigenvalue weighted by Crippen LogP contribution is 2.14. The highest BCUT2D eigenvalue weighted by Gasteiger charge is 2.11. The molecule has 2 N–H and O–H groups in total. The number of nitrogens with one attached hydrogen (secondary N) is 2. The molecule has 0 saturated carbocycles. The van der Waals surface area contributed by atoms with Crippen molar-refractivity contribution < 1.29 is 4.79 Å². The molecule has 0 aliphatic carbocycles. The summed E-state index contributed by atoms with van der Waals surface area (Å²) in [5, 5.41) is 10.0. The maximum absolute atomic E-state index is 12.6. The molecule has 2 amide bonds. The number of rotatable bonds is 3. The Kier molecular flexibility index (Phi) is 4.81. The number of halogens is 1. The summed E-state index contributed by atoms with van der Waals surface area (Å²) in [4.78, 5) is 24.7. The van der Waals surface area contributed by atoms with Gasteiger partial charge in [-0.2, -0.15) is 9.78 Å². The fourth-order valence-electron chi connectivity index (χ4n) is 2.27. The van der Waals surface area contributed by atoms with E-state index in [4.69, 9.17) is 11.6 Å². The Morgan fingerprint density at radius 3 is 2.40 bits per heavy atom. The molecule has 0 fully saturated rings. The Morgan fingerprint density at radius 2 is 1.72 bits per heavy atom. The first-order valence-corrected chi connectivity index (χ1v) is 7.91. The number of nitrogens with zero attached hydrogens (tertiary/aromatic N) is 2. The van der Waals surface area contributed by atoms with Crippen molar-refractivity contribution >= 4 is 29.0 Å². The summed E-state index contributed by atoms with van der Waals surface area (Å²) in [6, 6.07) is 16.7. The van der Waals surface area contributed by atoms with Crippen LogP contribution in [0.4, 0.5) is 16.2 Å². The maximum Gasteiger partial charge on any atom is 0.323 e. The third kappa shape index (κ3) is 4.05. The smallest absolute Gasteiger partial charge is 0.308 e. The molecule has 1 aromatic heterocycles. The van der Waals surface area contributed by atoms with Crippen LogP contribution in [0.5, 0.6) is 0 Å². The van der Waals surface area contributed by atoms with Gasteiger partial charge in [0.1, 0.15) is 5.69 Å². The molecule has 3 rings (SSSR count). The number of benzene rings is 2. The lowest BCUT2D eigenvalue weighted by Crippen LogP contribution is -2.29. The highest BCUT2D eigenvalue weighted by molar-refractivity contribution is 6.30. The van der Waals surface area contributed by atoms with Crippen LogP contribution in [0.2, 0.25) is 5.02 Å². The zero-order valence-corrected chi connectivity index (χ0v) is 14.1. The van der Waals surface area contributed by atoms with E-state index in [0.717, 1.165) is 0 Å². The van der Waals surface area contributed by atoms with Crippen LogP contribution in [0.15, 0.2) is 65.5 Å². The number of urea groups is 1. The van der Waals surface area contributed by atoms with Crippen LogP contribution in [-0.2, 0) is 0 Å². The summed E-state index contributed by atoms with van der Waals surface area (Å²) in [6.07, 6.45) is 0. The van der Waals surface area contributed by atoms with Crippen molar-refractivity contribution in [3.05, 3.63) is 81.7 Å². The van der Waals surface area contributed by atoms with Crippen LogP contribution < -0.4 is 16.2 Å². The predicted molar refractivity (Wildman–Crippen MR) is 98.7 cm³/mol. The number of aromatic nitrogens is 2. The first kappa shape index (κ1) is 16.7. The van der Waals surface area contributed by atoms with Crippen LogP contribution in [0.25, 0.3) is 5.69 Å². The number of para-hydroxylation sites is 1. The van der Waals surface area contributed by atoms with Crippen LogP contribution >= 0.6 is 11.6 Å². The lowest BCUT2D eigenvalue weighted by atomic mass is 10.3. The average molecular weight is 355 g/mol. The molecular weight excluding hydrogens is 340 g/mol. The van der Waals surface area contributed by atoms with E-state index in [9.17, 15) is 9.59 Å². The van der Waals surface area contributed by atoms with Gasteiger partial charge in [-0.3, -0.25) is 4.79 Å². The highest BCUT2D eigenvalue weighted by atomic mass is 35.5. The molecule has 6 nitrogen and oxygen atoms in total. The summed E-state index contributed by atoms with van der Waals surface area (Å²) < 4.78 is 1.26. The third-order valence-corrected chi connectivity index (χ3v) is 3.64. The van der Waals surface area contributed by atoms with Crippen molar-refractivity contribution in [3.8, 4) is 5.69 Å². The lowest BCUT2D eigenvalue weighted by Gasteiger charge is -2.11. The first-order valence-electron chi connectivity index (χ1n) is 7.53. The second-order valence-corrected chi connectivity index (χ2v) is 5.77. The van der Waals surface area contributed by atoms with Gasteiger partial charge in [0.25, 0.3) is 5.56 Å². The van der Waals surface area contributed by atoms with Gasteiger partial charge in [0.15, 0.2) is 0 Å². The van der Waals surface area contributed by atoms with Crippen LogP contribution in [0, 0.1) is 6.92 Å². The molecule has 0 aliphatic rings. The van der Waals surface area contributed by atoms with Gasteiger partial charge in [-0.15, -0.1) is 0 Å². The van der Waals surface area contributed by atoms with Gasteiger partial charge in [0.05, 0.1) is 11.4 Å². The van der Waals surface area contributed by atoms with E-state index in [1.807, 2.05) is 18.2 Å². The van der Waals surface area contributed by atoms with Gasteiger partial charge in [-0.25, -0.2) is 4.79 Å². The average Bonchev–Trinajstić information content (AvgIpc) is 2.60. The minimum absolute atomic E-state index is 0.141. The molecule has 25 heavy (non-hydrogen) atoms. The topological polar surface area (TPSA) is 76.0 Å². The Morgan fingerprint density at radius 1 is 1.04 bits per heavy atom. The molecule has 3 aromatic rings. The molecule has 0 radical (unpaired) electrons. The van der Waals surface area contributed by atoms with E-state index >= 15 is 0 Å². The molecule has 0 atom stereocenters. The quantitative estimate of drug-likeness (QED) is 0.750. The Hall–Kier alpha value is -3.12. The van der Waals surface area contributed by atoms with Crippen molar-refractivity contribution in [1.82, 2.24) is 9.78 Å². The summed E-state index contributed by atoms with van der Waals surface area (Å²) in [5.74, 6) is 0. The van der Waals surface area contributed by atoms with Gasteiger partial charge < -0.3 is 10.6 Å². The van der Waals surface area contributed by atoms with Crippen molar-refractivity contribution in [3.63, 3.8) is 0 Å². The first-order chi connectivity index (χ1) is 12.0. The summed E-state index contributed by atoms with van der Waals surface area (Å²) >= 11 is 5.81. The Bertz CT molecular complexity index is 953. The zero-order valence-electron chi connectivity index (χ0n) is 13.4. The summed E-state index contributed by atoms with van der Waals surface area (Å²) in [7, 11) is 0. The number of carbonyl (C=O) groups is 1. The molecule has 1 heterocycles. The van der Waals surface area contributed by atoms with E-state index in [1.165, 1.54) is 10.7 Å². The van der Waals surface area contributed by atoms with E-state index in [0.29, 0.717) is 22.1 Å². The molecule has 126 valence electrons. The lowest BCUT2D eigenvalue weighted by molar-refractivity contribution is 0.262. The number of amides is 2. The monoisotopic (exact) mass is 354 g/mol. The normalized spacial score (nSPS) is 10.3. The van der Waals surface area contributed by atoms with Crippen molar-refractivity contribution in [2.45, 2.75) is 6.92 Å². The van der Waals surface area contributed by atoms with Gasteiger partial charge in [0, 0.05) is 10.7 Å². The van der Waals surface area contributed by atoms with E-state index in [2.05, 4.69) is 15.7 Å². The summed E-state index contributed by atoms with van der Waals surface area (Å²) in [5.41, 5.74) is 1.52. The molecule has 2 aromatic carbocycles. The van der Waals surface area contributed by atoms with Crippen LogP contribution in [0.1, 0.15) is 5.69 Å². The molecule has 0 spiro atoms. The number of aryl methyl sites for hydroxylation is 1. The van der Waals surface area contributed by atoms with E-state index in [1.54, 1.807) is 43.3 Å². The fraction of sp³-hybridized carbons (Fsp3) is 0.0556. The molecule has 0 unspecified atom stereocenters. The number of hydrogen-bond acceptors (Lipinski definition) is 3. The molecular formula is C18H15ClN4O2. The molecule has 0 bridgehead atoms. The number of carbonyl (C=O) groups excluding carboxylic acids is 1. The van der Waals surface area contributed by atoms with Crippen molar-refractivity contribution in [2.75, 3.05) is 10.6 Å². The minimum Gasteiger partial charge on any atom is -0.308 e. The second kappa shape index (κ2) is 7.19. The van der Waals surface area contributed by atoms with Crippen molar-refractivity contribution in [1.29, 1.82) is 0 Å². The third-order valence-electron chi connectivity index (χ3n) is 3.38. The number of hydrogen-bond donors (Lipinski definition) is 2. The van der Waals surface area contributed by atoms with Crippen molar-refractivity contribution in [2.24, 2.45) is 0 Å². The van der Waals surface area contributed by atoms with Gasteiger partial charge in [0.2, 0.25) is 0 Å². The van der Waals surface area contributed by atoms with Gasteiger partial charge >= 0.3 is 6.03 Å². The minimum atomic E-state index is -0.523. The summed E-state index contributed by atoms with van der Waals surface area (Å²) in [6.45, 7) is 1.75. The van der Waals surface area contributed by atoms with E-state index in [-0.39, 0.29) is 5.69 Å². The number of anilines is 2. The Balaban J connectivity index is 1.85. The van der Waals surface area contributed by atoms with E-state index < -0.39 is 11.6 Å². The van der Waals surface area contributed by atoms with Gasteiger partial charge in [-0.05, 0) is 49.4 Å². The molecule has 7 heteroatoms.